The monoisotopic (exact) mass is 876 g/mol. The van der Waals surface area contributed by atoms with Gasteiger partial charge in [-0.05, 0) is 50.9 Å². The third-order valence-corrected chi connectivity index (χ3v) is 2.04. The first-order valence-corrected chi connectivity index (χ1v) is 15.0. The standard InChI is InChI=1S/2C7H6O2.2C4H10P.CH2NO2.2Au/c2*8-7(9)6-4-2-1-3-5-6;2*1-5(2,3)4;1-2(3)4;;/h2*1-5H,(H,8,9);2*1-2H2,3-4H3;1H2;;/q;;3*-1;;+1. The van der Waals surface area contributed by atoms with Crippen LogP contribution in [0.15, 0.2) is 60.7 Å². The van der Waals surface area contributed by atoms with Crippen molar-refractivity contribution >= 4 is 26.5 Å². The van der Waals surface area contributed by atoms with Gasteiger partial charge in [-0.3, -0.25) is 24.6 Å². The maximum Gasteiger partial charge on any atom is 1.00 e. The molecule has 0 atom stereocenters. The van der Waals surface area contributed by atoms with Gasteiger partial charge in [0, 0.05) is 22.4 Å². The van der Waals surface area contributed by atoms with Gasteiger partial charge >= 0.3 is 34.3 Å². The summed E-state index contributed by atoms with van der Waals surface area (Å²) in [5.74, 6) is -1.76. The summed E-state index contributed by atoms with van der Waals surface area (Å²) in [6.45, 7) is 23.4. The van der Waals surface area contributed by atoms with Crippen molar-refractivity contribution in [2.24, 2.45) is 0 Å². The van der Waals surface area contributed by atoms with Crippen LogP contribution in [0.2, 0.25) is 0 Å². The van der Waals surface area contributed by atoms with E-state index in [1.54, 1.807) is 60.7 Å². The van der Waals surface area contributed by atoms with Crippen molar-refractivity contribution in [3.05, 3.63) is 116 Å². The smallest absolute Gasteiger partial charge is 0.478 e. The number of carboxylic acids is 2. The fourth-order valence-electron chi connectivity index (χ4n) is 1.16. The first-order chi connectivity index (χ1) is 14.3. The van der Waals surface area contributed by atoms with Crippen molar-refractivity contribution in [1.29, 1.82) is 0 Å². The molecule has 0 aromatic heterocycles. The number of hydrogen-bond acceptors (Lipinski definition) is 4. The van der Waals surface area contributed by atoms with Gasteiger partial charge in [0.05, 0.1) is 11.1 Å². The number of aromatic carboxylic acids is 2. The van der Waals surface area contributed by atoms with Crippen LogP contribution in [-0.4, -0.2) is 53.7 Å². The minimum absolute atomic E-state index is 0. The van der Waals surface area contributed by atoms with E-state index in [4.69, 9.17) is 20.3 Å². The quantitative estimate of drug-likeness (QED) is 0.117. The van der Waals surface area contributed by atoms with Gasteiger partial charge in [0.1, 0.15) is 0 Å². The van der Waals surface area contributed by atoms with Crippen LogP contribution < -0.4 is 0 Å². The second-order valence-corrected chi connectivity index (χ2v) is 15.3. The molecule has 0 aliphatic carbocycles. The molecule has 0 fully saturated rings. The average molecular weight is 876 g/mol. The van der Waals surface area contributed by atoms with E-state index in [1.807, 2.05) is 0 Å². The number of benzene rings is 2. The molecule has 201 valence electrons. The molecule has 2 aromatic carbocycles. The molecular formula is C23H34Au2NO6P2-2. The molecule has 2 N–H and O–H groups in total. The summed E-state index contributed by atoms with van der Waals surface area (Å²) >= 11 is 0. The van der Waals surface area contributed by atoms with Crippen LogP contribution in [0, 0.1) is 43.8 Å². The molecule has 0 aliphatic heterocycles. The van der Waals surface area contributed by atoms with E-state index >= 15 is 0 Å². The zero-order valence-electron chi connectivity index (χ0n) is 19.8. The Kier molecular flexibility index (Phi) is 30.1. The molecule has 0 aliphatic rings. The average Bonchev–Trinajstić information content (AvgIpc) is 2.60. The number of rotatable bonds is 2. The maximum absolute atomic E-state index is 10.2. The van der Waals surface area contributed by atoms with Gasteiger partial charge < -0.3 is 10.2 Å². The molecular weight excluding hydrogens is 842 g/mol. The van der Waals surface area contributed by atoms with E-state index in [9.17, 15) is 9.59 Å². The molecule has 0 saturated carbocycles. The van der Waals surface area contributed by atoms with Gasteiger partial charge in [-0.15, -0.1) is 4.92 Å². The summed E-state index contributed by atoms with van der Waals surface area (Å²) in [6.07, 6.45) is 0. The molecule has 11 heteroatoms. The fraction of sp³-hybridized carbons (Fsp3) is 0.174. The maximum atomic E-state index is 10.2. The molecule has 0 amide bonds. The summed E-state index contributed by atoms with van der Waals surface area (Å²) in [5, 5.41) is 25.5. The number of hydrogen-bond donors (Lipinski definition) is 2. The van der Waals surface area contributed by atoms with Gasteiger partial charge in [0.25, 0.3) is 0 Å². The Bertz CT molecular complexity index is 704. The van der Waals surface area contributed by atoms with Crippen LogP contribution in [0.3, 0.4) is 0 Å². The normalized spacial score (nSPS) is 8.94. The second-order valence-electron chi connectivity index (χ2n) is 7.55. The fourth-order valence-corrected chi connectivity index (χ4v) is 1.16. The third kappa shape index (κ3) is 52.7. The predicted octanol–water partition coefficient (Wildman–Crippen LogP) is 6.51. The molecule has 0 saturated heterocycles. The minimum Gasteiger partial charge on any atom is -0.478 e. The largest absolute Gasteiger partial charge is 1.00 e. The second kappa shape index (κ2) is 23.7. The number of nitrogens with zero attached hydrogens (tertiary/aromatic N) is 1. The van der Waals surface area contributed by atoms with Crippen molar-refractivity contribution in [1.82, 2.24) is 0 Å². The van der Waals surface area contributed by atoms with Crippen LogP contribution in [0.25, 0.3) is 0 Å². The van der Waals surface area contributed by atoms with E-state index in [0.717, 1.165) is 0 Å². The van der Waals surface area contributed by atoms with Crippen LogP contribution in [0.4, 0.5) is 0 Å². The molecule has 0 bridgehead atoms. The van der Waals surface area contributed by atoms with Gasteiger partial charge in [0.15, 0.2) is 0 Å². The van der Waals surface area contributed by atoms with Crippen LogP contribution >= 0.6 is 14.5 Å². The van der Waals surface area contributed by atoms with E-state index in [2.05, 4.69) is 60.4 Å². The van der Waals surface area contributed by atoms with E-state index in [-0.39, 0.29) is 44.8 Å². The Balaban J connectivity index is -0.000000106. The van der Waals surface area contributed by atoms with E-state index in [0.29, 0.717) is 11.1 Å². The van der Waals surface area contributed by atoms with Crippen LogP contribution in [0.5, 0.6) is 0 Å². The van der Waals surface area contributed by atoms with Gasteiger partial charge in [-0.25, -0.2) is 36.2 Å². The Labute approximate surface area is 237 Å². The zero-order chi connectivity index (χ0) is 26.0. The van der Waals surface area contributed by atoms with Crippen LogP contribution in [-0.2, 0) is 44.8 Å². The number of carbonyl (C=O) groups is 2. The molecule has 2 aromatic rings. The topological polar surface area (TPSA) is 118 Å². The van der Waals surface area contributed by atoms with Crippen molar-refractivity contribution in [2.75, 3.05) is 26.7 Å². The van der Waals surface area contributed by atoms with Gasteiger partial charge in [0.2, 0.25) is 0 Å². The molecule has 0 heterocycles. The molecule has 0 spiro atoms. The molecule has 7 nitrogen and oxygen atoms in total. The molecule has 34 heavy (non-hydrogen) atoms. The molecule has 2 rings (SSSR count). The van der Waals surface area contributed by atoms with Gasteiger partial charge in [-0.1, -0.05) is 43.4 Å². The minimum atomic E-state index is -0.889. The van der Waals surface area contributed by atoms with Crippen molar-refractivity contribution in [3.63, 3.8) is 0 Å². The van der Waals surface area contributed by atoms with E-state index in [1.165, 1.54) is 0 Å². The number of carboxylic acid groups (broad SMARTS) is 2. The first-order valence-electron chi connectivity index (χ1n) is 8.91. The third-order valence-electron chi connectivity index (χ3n) is 2.04. The van der Waals surface area contributed by atoms with Crippen molar-refractivity contribution in [3.8, 4) is 0 Å². The Hall–Kier alpha value is -1.01. The summed E-state index contributed by atoms with van der Waals surface area (Å²) in [6, 6.07) is 16.6. The van der Waals surface area contributed by atoms with Crippen molar-refractivity contribution in [2.45, 2.75) is 0 Å². The molecule has 0 unspecified atom stereocenters. The van der Waals surface area contributed by atoms with Crippen LogP contribution in [0.1, 0.15) is 20.7 Å². The Morgan fingerprint density at radius 2 is 0.882 bits per heavy atom. The van der Waals surface area contributed by atoms with Gasteiger partial charge in [-0.2, -0.15) is 0 Å². The summed E-state index contributed by atoms with van der Waals surface area (Å²) in [5.41, 5.74) is 0.662. The zero-order valence-corrected chi connectivity index (χ0v) is 25.9. The number of nitro groups is 1. The SMILES string of the molecule is O=C(O)c1ccccc1.O=C(O)c1ccccc1.[Au+].[Au].[CH2-][N+](=O)[O-].[CH2-][P+]([CH2-])(C)C.[CH2-][P+]([CH2-])(C)C. The molecule has 1 radical (unpaired) electrons. The Morgan fingerprint density at radius 3 is 0.971 bits per heavy atom. The van der Waals surface area contributed by atoms with E-state index < -0.39 is 31.4 Å². The summed E-state index contributed by atoms with van der Waals surface area (Å²) in [4.78, 5) is 28.3. The first kappa shape index (κ1) is 43.1. The summed E-state index contributed by atoms with van der Waals surface area (Å²) in [7, 11) is 0.583. The Morgan fingerprint density at radius 1 is 0.735 bits per heavy atom. The van der Waals surface area contributed by atoms with Crippen molar-refractivity contribution < 1.29 is 69.5 Å². The predicted molar refractivity (Wildman–Crippen MR) is 138 cm³/mol. The summed E-state index contributed by atoms with van der Waals surface area (Å²) < 4.78 is 0.